The van der Waals surface area contributed by atoms with E-state index in [2.05, 4.69) is 0 Å². The zero-order valence-electron chi connectivity index (χ0n) is 21.0. The lowest BCUT2D eigenvalue weighted by Crippen LogP contribution is -2.29. The maximum absolute atomic E-state index is 13.3. The molecule has 1 aliphatic heterocycles. The second kappa shape index (κ2) is 10.3. The van der Waals surface area contributed by atoms with E-state index in [1.165, 1.54) is 17.0 Å². The van der Waals surface area contributed by atoms with E-state index in [0.717, 1.165) is 28.7 Å². The van der Waals surface area contributed by atoms with Crippen molar-refractivity contribution in [1.29, 1.82) is 0 Å². The lowest BCUT2D eigenvalue weighted by atomic mass is 9.94. The fourth-order valence-electron chi connectivity index (χ4n) is 4.53. The second-order valence-corrected chi connectivity index (χ2v) is 9.28. The van der Waals surface area contributed by atoms with Gasteiger partial charge in [0, 0.05) is 12.1 Å². The van der Waals surface area contributed by atoms with E-state index in [9.17, 15) is 19.8 Å². The minimum atomic E-state index is -0.804. The zero-order chi connectivity index (χ0) is 26.0. The Kier molecular flexibility index (Phi) is 7.15. The highest BCUT2D eigenvalue weighted by Gasteiger charge is 2.46. The number of aliphatic hydroxyl groups is 1. The molecule has 0 saturated carbocycles. The molecule has 3 aromatic rings. The standard InChI is InChI=1S/C30H31NO5/c1-5-14-36-25-13-10-22(16-20(25)4)28(33)26-27(21-8-11-24(32)12-9-21)31(30(35)29(26)34)17-23-15-18(2)6-7-19(23)3/h6-13,15-16,27,32-33H,5,14,17H2,1-4H3/b28-26-. The first-order chi connectivity index (χ1) is 17.2. The number of nitrogens with zero attached hydrogens (tertiary/aromatic N) is 1. The van der Waals surface area contributed by atoms with Crippen molar-refractivity contribution in [2.24, 2.45) is 0 Å². The molecule has 2 N–H and O–H groups in total. The number of hydrogen-bond acceptors (Lipinski definition) is 5. The average molecular weight is 486 g/mol. The molecule has 3 aromatic carbocycles. The van der Waals surface area contributed by atoms with Crippen molar-refractivity contribution < 1.29 is 24.5 Å². The number of Topliss-reactive ketones (excluding diaryl/α,β-unsaturated/α-hetero) is 1. The van der Waals surface area contributed by atoms with Gasteiger partial charge in [-0.05, 0) is 79.8 Å². The van der Waals surface area contributed by atoms with Crippen LogP contribution in [0.3, 0.4) is 0 Å². The molecule has 0 bridgehead atoms. The molecule has 36 heavy (non-hydrogen) atoms. The first-order valence-corrected chi connectivity index (χ1v) is 12.1. The third-order valence-electron chi connectivity index (χ3n) is 6.50. The van der Waals surface area contributed by atoms with Crippen molar-refractivity contribution in [1.82, 2.24) is 4.90 Å². The van der Waals surface area contributed by atoms with Crippen molar-refractivity contribution in [2.45, 2.75) is 46.7 Å². The molecular weight excluding hydrogens is 454 g/mol. The maximum atomic E-state index is 13.3. The van der Waals surface area contributed by atoms with Crippen molar-refractivity contribution >= 4 is 17.4 Å². The van der Waals surface area contributed by atoms with Crippen molar-refractivity contribution in [3.8, 4) is 11.5 Å². The molecule has 6 heteroatoms. The van der Waals surface area contributed by atoms with E-state index in [1.54, 1.807) is 30.3 Å². The summed E-state index contributed by atoms with van der Waals surface area (Å²) in [5.41, 5.74) is 4.88. The predicted molar refractivity (Wildman–Crippen MR) is 139 cm³/mol. The number of rotatable bonds is 7. The molecule has 1 atom stereocenters. The van der Waals surface area contributed by atoms with Crippen molar-refractivity contribution in [3.63, 3.8) is 0 Å². The first kappa shape index (κ1) is 25.0. The fraction of sp³-hybridized carbons (Fsp3) is 0.267. The summed E-state index contributed by atoms with van der Waals surface area (Å²) in [5.74, 6) is -0.864. The highest BCUT2D eigenvalue weighted by Crippen LogP contribution is 2.41. The quantitative estimate of drug-likeness (QED) is 0.254. The molecule has 1 heterocycles. The van der Waals surface area contributed by atoms with Crippen LogP contribution in [0.1, 0.15) is 52.8 Å². The lowest BCUT2D eigenvalue weighted by molar-refractivity contribution is -0.140. The van der Waals surface area contributed by atoms with Crippen molar-refractivity contribution in [2.75, 3.05) is 6.61 Å². The van der Waals surface area contributed by atoms with Crippen LogP contribution in [0.25, 0.3) is 5.76 Å². The smallest absolute Gasteiger partial charge is 0.295 e. The zero-order valence-corrected chi connectivity index (χ0v) is 21.0. The number of benzene rings is 3. The number of ketones is 1. The molecule has 4 rings (SSSR count). The average Bonchev–Trinajstić information content (AvgIpc) is 3.10. The summed E-state index contributed by atoms with van der Waals surface area (Å²) in [6.45, 7) is 8.63. The van der Waals surface area contributed by atoms with Crippen LogP contribution in [-0.4, -0.2) is 33.4 Å². The number of ether oxygens (including phenoxy) is 1. The Labute approximate surface area is 211 Å². The molecule has 0 spiro atoms. The predicted octanol–water partition coefficient (Wildman–Crippen LogP) is 5.73. The second-order valence-electron chi connectivity index (χ2n) is 9.28. The van der Waals surface area contributed by atoms with Crippen LogP contribution in [0, 0.1) is 20.8 Å². The summed E-state index contributed by atoms with van der Waals surface area (Å²) >= 11 is 0. The van der Waals surface area contributed by atoms with Gasteiger partial charge in [0.1, 0.15) is 17.3 Å². The molecule has 6 nitrogen and oxygen atoms in total. The molecule has 0 aromatic heterocycles. The third-order valence-corrected chi connectivity index (χ3v) is 6.50. The number of carbonyl (C=O) groups excluding carboxylic acids is 2. The molecule has 1 fully saturated rings. The van der Waals surface area contributed by atoms with Gasteiger partial charge >= 0.3 is 0 Å². The Morgan fingerprint density at radius 1 is 0.944 bits per heavy atom. The van der Waals surface area contributed by atoms with Gasteiger partial charge in [-0.15, -0.1) is 0 Å². The highest BCUT2D eigenvalue weighted by molar-refractivity contribution is 6.46. The monoisotopic (exact) mass is 485 g/mol. The minimum absolute atomic E-state index is 0.0256. The summed E-state index contributed by atoms with van der Waals surface area (Å²) in [6, 6.07) is 16.8. The summed E-state index contributed by atoms with van der Waals surface area (Å²) in [6.07, 6.45) is 0.873. The molecule has 186 valence electrons. The number of aliphatic hydroxyl groups excluding tert-OH is 1. The lowest BCUT2D eigenvalue weighted by Gasteiger charge is -2.26. The Hall–Kier alpha value is -4.06. The van der Waals surface area contributed by atoms with Crippen LogP contribution in [0.4, 0.5) is 0 Å². The number of likely N-dealkylation sites (tertiary alicyclic amines) is 1. The van der Waals surface area contributed by atoms with Gasteiger partial charge in [-0.25, -0.2) is 0 Å². The van der Waals surface area contributed by atoms with Gasteiger partial charge in [0.05, 0.1) is 18.2 Å². The molecule has 1 aliphatic rings. The summed E-state index contributed by atoms with van der Waals surface area (Å²) in [7, 11) is 0. The molecule has 1 saturated heterocycles. The number of phenolic OH excluding ortho intramolecular Hbond substituents is 1. The van der Waals surface area contributed by atoms with Crippen molar-refractivity contribution in [3.05, 3.63) is 99.6 Å². The third kappa shape index (κ3) is 4.85. The van der Waals surface area contributed by atoms with Gasteiger partial charge in [-0.1, -0.05) is 42.8 Å². The Balaban J connectivity index is 1.83. The van der Waals surface area contributed by atoms with E-state index in [4.69, 9.17) is 4.74 Å². The Morgan fingerprint density at radius 3 is 2.33 bits per heavy atom. The van der Waals surface area contributed by atoms with E-state index in [-0.39, 0.29) is 23.6 Å². The fourth-order valence-corrected chi connectivity index (χ4v) is 4.53. The van der Waals surface area contributed by atoms with E-state index < -0.39 is 17.7 Å². The molecule has 0 radical (unpaired) electrons. The molecular formula is C30H31NO5. The molecule has 1 unspecified atom stereocenters. The van der Waals surface area contributed by atoms with Gasteiger partial charge in [-0.2, -0.15) is 0 Å². The van der Waals surface area contributed by atoms with Crippen LogP contribution in [0.15, 0.2) is 66.2 Å². The topological polar surface area (TPSA) is 87.1 Å². The van der Waals surface area contributed by atoms with Crippen LogP contribution >= 0.6 is 0 Å². The summed E-state index contributed by atoms with van der Waals surface area (Å²) < 4.78 is 5.74. The Morgan fingerprint density at radius 2 is 1.67 bits per heavy atom. The maximum Gasteiger partial charge on any atom is 0.295 e. The first-order valence-electron chi connectivity index (χ1n) is 12.1. The van der Waals surface area contributed by atoms with Gasteiger partial charge in [0.25, 0.3) is 11.7 Å². The van der Waals surface area contributed by atoms with Gasteiger partial charge in [0.15, 0.2) is 0 Å². The van der Waals surface area contributed by atoms with E-state index >= 15 is 0 Å². The highest BCUT2D eigenvalue weighted by atomic mass is 16.5. The SMILES string of the molecule is CCCOc1ccc(/C(O)=C2/C(=O)C(=O)N(Cc3cc(C)ccc3C)C2c2ccc(O)cc2)cc1C. The largest absolute Gasteiger partial charge is 0.508 e. The van der Waals surface area contributed by atoms with Gasteiger partial charge in [-0.3, -0.25) is 9.59 Å². The number of carbonyl (C=O) groups is 2. The Bertz CT molecular complexity index is 1340. The summed E-state index contributed by atoms with van der Waals surface area (Å²) in [4.78, 5) is 28.1. The number of aryl methyl sites for hydroxylation is 3. The number of aromatic hydroxyl groups is 1. The minimum Gasteiger partial charge on any atom is -0.508 e. The molecule has 0 aliphatic carbocycles. The summed E-state index contributed by atoms with van der Waals surface area (Å²) in [5, 5.41) is 21.2. The van der Waals surface area contributed by atoms with Gasteiger partial charge in [0.2, 0.25) is 0 Å². The van der Waals surface area contributed by atoms with E-state index in [0.29, 0.717) is 23.5 Å². The van der Waals surface area contributed by atoms with Crippen LogP contribution < -0.4 is 4.74 Å². The van der Waals surface area contributed by atoms with Crippen LogP contribution in [0.2, 0.25) is 0 Å². The number of amides is 1. The van der Waals surface area contributed by atoms with Crippen LogP contribution in [0.5, 0.6) is 11.5 Å². The number of hydrogen-bond donors (Lipinski definition) is 2. The normalized spacial score (nSPS) is 17.0. The molecule has 1 amide bonds. The number of phenols is 1. The van der Waals surface area contributed by atoms with Crippen LogP contribution in [-0.2, 0) is 16.1 Å². The van der Waals surface area contributed by atoms with Gasteiger partial charge < -0.3 is 19.8 Å². The van der Waals surface area contributed by atoms with E-state index in [1.807, 2.05) is 45.9 Å².